The van der Waals surface area contributed by atoms with Crippen LogP contribution in [0.1, 0.15) is 91.9 Å². The van der Waals surface area contributed by atoms with Crippen LogP contribution >= 0.6 is 0 Å². The summed E-state index contributed by atoms with van der Waals surface area (Å²) in [6.45, 7) is 14.1. The van der Waals surface area contributed by atoms with E-state index in [9.17, 15) is 4.79 Å². The van der Waals surface area contributed by atoms with Gasteiger partial charge in [-0.2, -0.15) is 0 Å². The molecule has 1 N–H and O–H groups in total. The number of ketones is 1. The Morgan fingerprint density at radius 3 is 1.81 bits per heavy atom. The molecule has 1 aliphatic heterocycles. The smallest absolute Gasteiger partial charge is 0.133 e. The van der Waals surface area contributed by atoms with Gasteiger partial charge < -0.3 is 5.32 Å². The summed E-state index contributed by atoms with van der Waals surface area (Å²) in [5.74, 6) is 9.86. The molecule has 1 heterocycles. The first-order chi connectivity index (χ1) is 14.8. The van der Waals surface area contributed by atoms with Crippen molar-refractivity contribution in [2.45, 2.75) is 97.4 Å². The van der Waals surface area contributed by atoms with Crippen molar-refractivity contribution >= 4 is 5.78 Å². The lowest BCUT2D eigenvalue weighted by molar-refractivity contribution is -0.121. The number of Topliss-reactive ketones (excluding diaryl/α,β-unsaturated/α-hetero) is 1. The van der Waals surface area contributed by atoms with E-state index >= 15 is 0 Å². The second kappa shape index (κ2) is 8.30. The Hall–Kier alpha value is -0.630. The SMILES string of the molecule is C=C(C)C1CCC2CC21.CC(=O)C1CCC2CC21.CC1CCC2(CC(C)C3CC32)NC1. The second-order valence-electron chi connectivity index (χ2n) is 13.0. The van der Waals surface area contributed by atoms with Gasteiger partial charge in [0.25, 0.3) is 0 Å². The molecule has 0 aromatic heterocycles. The summed E-state index contributed by atoms with van der Waals surface area (Å²) in [7, 11) is 0. The monoisotopic (exact) mass is 425 g/mol. The highest BCUT2D eigenvalue weighted by molar-refractivity contribution is 5.79. The third-order valence-corrected chi connectivity index (χ3v) is 10.7. The minimum atomic E-state index is 0.431. The number of hydrogen-bond acceptors (Lipinski definition) is 2. The normalized spacial score (nSPS) is 52.0. The number of rotatable bonds is 2. The fourth-order valence-electron chi connectivity index (χ4n) is 8.44. The Labute approximate surface area is 191 Å². The van der Waals surface area contributed by atoms with E-state index in [1.165, 1.54) is 76.3 Å². The minimum Gasteiger partial charge on any atom is -0.311 e. The highest BCUT2D eigenvalue weighted by Crippen LogP contribution is 2.62. The minimum absolute atomic E-state index is 0.431. The van der Waals surface area contributed by atoms with Crippen LogP contribution in [0.4, 0.5) is 0 Å². The van der Waals surface area contributed by atoms with Gasteiger partial charge in [-0.1, -0.05) is 26.0 Å². The molecule has 11 atom stereocenters. The predicted octanol–water partition coefficient (Wildman–Crippen LogP) is 6.65. The van der Waals surface area contributed by atoms with Gasteiger partial charge in [0.15, 0.2) is 0 Å². The Kier molecular flexibility index (Phi) is 5.94. The highest BCUT2D eigenvalue weighted by Gasteiger charge is 2.61. The fourth-order valence-corrected chi connectivity index (χ4v) is 8.44. The van der Waals surface area contributed by atoms with Crippen LogP contribution in [0.25, 0.3) is 0 Å². The van der Waals surface area contributed by atoms with Crippen LogP contribution in [0.3, 0.4) is 0 Å². The molecule has 2 heteroatoms. The topological polar surface area (TPSA) is 29.1 Å². The quantitative estimate of drug-likeness (QED) is 0.502. The zero-order valence-electron chi connectivity index (χ0n) is 20.7. The zero-order valence-corrected chi connectivity index (χ0v) is 20.7. The molecule has 6 saturated carbocycles. The molecule has 6 aliphatic carbocycles. The van der Waals surface area contributed by atoms with Crippen molar-refractivity contribution in [2.24, 2.45) is 59.2 Å². The average molecular weight is 426 g/mol. The molecule has 0 bridgehead atoms. The van der Waals surface area contributed by atoms with E-state index in [1.807, 2.05) is 0 Å². The Balaban J connectivity index is 0.000000102. The molecule has 31 heavy (non-hydrogen) atoms. The first kappa shape index (κ1) is 22.2. The van der Waals surface area contributed by atoms with Crippen LogP contribution in [0.15, 0.2) is 12.2 Å². The summed E-state index contributed by atoms with van der Waals surface area (Å²) in [6.07, 6.45) is 14.2. The highest BCUT2D eigenvalue weighted by atomic mass is 16.1. The molecule has 7 aliphatic rings. The van der Waals surface area contributed by atoms with E-state index in [4.69, 9.17) is 0 Å². The fraction of sp³-hybridized carbons (Fsp3) is 0.897. The summed E-state index contributed by atoms with van der Waals surface area (Å²) in [5.41, 5.74) is 2.04. The first-order valence-corrected chi connectivity index (χ1v) is 13.7. The van der Waals surface area contributed by atoms with E-state index in [-0.39, 0.29) is 0 Å². The lowest BCUT2D eigenvalue weighted by Gasteiger charge is -2.39. The van der Waals surface area contributed by atoms with Crippen LogP contribution in [-0.4, -0.2) is 17.9 Å². The van der Waals surface area contributed by atoms with Gasteiger partial charge in [-0.25, -0.2) is 0 Å². The number of nitrogens with one attached hydrogen (secondary N) is 1. The van der Waals surface area contributed by atoms with E-state index in [1.54, 1.807) is 6.92 Å². The molecule has 7 rings (SSSR count). The van der Waals surface area contributed by atoms with Crippen molar-refractivity contribution in [3.05, 3.63) is 12.2 Å². The van der Waals surface area contributed by atoms with Crippen molar-refractivity contribution < 1.29 is 4.79 Å². The maximum atomic E-state index is 10.9. The van der Waals surface area contributed by atoms with Gasteiger partial charge in [0.1, 0.15) is 5.78 Å². The number of carbonyl (C=O) groups excluding carboxylic acids is 1. The van der Waals surface area contributed by atoms with Crippen LogP contribution < -0.4 is 5.32 Å². The molecular formula is C29H47NO. The number of carbonyl (C=O) groups is 1. The predicted molar refractivity (Wildman–Crippen MR) is 129 cm³/mol. The summed E-state index contributed by atoms with van der Waals surface area (Å²) >= 11 is 0. The maximum absolute atomic E-state index is 10.9. The molecule has 11 unspecified atom stereocenters. The summed E-state index contributed by atoms with van der Waals surface area (Å²) in [5, 5.41) is 3.87. The average Bonchev–Trinajstić information content (AvgIpc) is 3.69. The van der Waals surface area contributed by atoms with Gasteiger partial charge in [-0.15, -0.1) is 0 Å². The third-order valence-electron chi connectivity index (χ3n) is 10.7. The van der Waals surface area contributed by atoms with Crippen molar-refractivity contribution in [1.82, 2.24) is 5.32 Å². The van der Waals surface area contributed by atoms with E-state index in [0.29, 0.717) is 17.2 Å². The van der Waals surface area contributed by atoms with E-state index in [2.05, 4.69) is 32.7 Å². The molecule has 2 nitrogen and oxygen atoms in total. The summed E-state index contributed by atoms with van der Waals surface area (Å²) < 4.78 is 0. The number of fused-ring (bicyclic) bond motifs is 4. The first-order valence-electron chi connectivity index (χ1n) is 13.7. The standard InChI is InChI=1S/C12H21N.C9H14.C8H12O/c1-8-3-4-12(13-7-8)6-9(2)10-5-11(10)12;1-6(2)8-4-3-7-5-9(7)8;1-5(9)7-3-2-6-4-8(6)7/h8-11,13H,3-7H2,1-2H3;7-9H,1,3-5H2,2H3;6-8H,2-4H2,1H3. The maximum Gasteiger partial charge on any atom is 0.133 e. The van der Waals surface area contributed by atoms with Crippen LogP contribution in [-0.2, 0) is 4.79 Å². The number of allylic oxidation sites excluding steroid dienone is 1. The molecular weight excluding hydrogens is 378 g/mol. The van der Waals surface area contributed by atoms with Crippen molar-refractivity contribution in [3.8, 4) is 0 Å². The molecule has 0 radical (unpaired) electrons. The second-order valence-corrected chi connectivity index (χ2v) is 13.0. The lowest BCUT2D eigenvalue weighted by Crippen LogP contribution is -2.51. The lowest BCUT2D eigenvalue weighted by atomic mass is 9.80. The Bertz CT molecular complexity index is 668. The molecule has 0 amide bonds. The van der Waals surface area contributed by atoms with Gasteiger partial charge in [-0.3, -0.25) is 4.79 Å². The van der Waals surface area contributed by atoms with Gasteiger partial charge in [0.05, 0.1) is 0 Å². The molecule has 0 aromatic carbocycles. The van der Waals surface area contributed by atoms with Crippen LogP contribution in [0, 0.1) is 59.2 Å². The molecule has 1 saturated heterocycles. The van der Waals surface area contributed by atoms with Crippen LogP contribution in [0.5, 0.6) is 0 Å². The van der Waals surface area contributed by atoms with Crippen molar-refractivity contribution in [2.75, 3.05) is 6.54 Å². The Morgan fingerprint density at radius 1 is 0.871 bits per heavy atom. The van der Waals surface area contributed by atoms with Crippen molar-refractivity contribution in [1.29, 1.82) is 0 Å². The van der Waals surface area contributed by atoms with E-state index < -0.39 is 0 Å². The number of piperidine rings is 1. The van der Waals surface area contributed by atoms with Crippen LogP contribution in [0.2, 0.25) is 0 Å². The summed E-state index contributed by atoms with van der Waals surface area (Å²) in [6, 6.07) is 0. The van der Waals surface area contributed by atoms with Gasteiger partial charge in [0, 0.05) is 11.5 Å². The van der Waals surface area contributed by atoms with Gasteiger partial charge in [-0.05, 0) is 138 Å². The molecule has 0 aromatic rings. The zero-order chi connectivity index (χ0) is 21.9. The van der Waals surface area contributed by atoms with E-state index in [0.717, 1.165) is 53.3 Å². The molecule has 1 spiro atoms. The molecule has 174 valence electrons. The largest absolute Gasteiger partial charge is 0.311 e. The molecule has 7 fully saturated rings. The van der Waals surface area contributed by atoms with Gasteiger partial charge in [0.2, 0.25) is 0 Å². The Morgan fingerprint density at radius 2 is 1.52 bits per heavy atom. The number of hydrogen-bond donors (Lipinski definition) is 1. The third kappa shape index (κ3) is 4.44. The van der Waals surface area contributed by atoms with Gasteiger partial charge >= 0.3 is 0 Å². The summed E-state index contributed by atoms with van der Waals surface area (Å²) in [4.78, 5) is 10.9. The van der Waals surface area contributed by atoms with Crippen molar-refractivity contribution in [3.63, 3.8) is 0 Å².